The lowest BCUT2D eigenvalue weighted by atomic mass is 10.3. The van der Waals surface area contributed by atoms with Crippen molar-refractivity contribution in [1.29, 1.82) is 0 Å². The Morgan fingerprint density at radius 1 is 1.44 bits per heavy atom. The van der Waals surface area contributed by atoms with Gasteiger partial charge in [-0.25, -0.2) is 0 Å². The number of amides is 1. The number of rotatable bonds is 6. The molecule has 0 saturated carbocycles. The molecule has 1 aromatic carbocycles. The summed E-state index contributed by atoms with van der Waals surface area (Å²) < 4.78 is 5.43. The molecule has 4 heteroatoms. The molecule has 3 N–H and O–H groups in total. The van der Waals surface area contributed by atoms with Gasteiger partial charge in [-0.3, -0.25) is 4.79 Å². The highest BCUT2D eigenvalue weighted by molar-refractivity contribution is 5.75. The number of carbonyl (C=O) groups excluding carboxylic acids is 1. The molecule has 0 saturated heterocycles. The number of nitrogens with two attached hydrogens (primary N) is 1. The lowest BCUT2D eigenvalue weighted by Crippen LogP contribution is -2.27. The van der Waals surface area contributed by atoms with Gasteiger partial charge in [0.25, 0.3) is 0 Å². The molecule has 0 aliphatic carbocycles. The number of benzene rings is 1. The molecule has 4 nitrogen and oxygen atoms in total. The maximum Gasteiger partial charge on any atom is 0.220 e. The van der Waals surface area contributed by atoms with Crippen molar-refractivity contribution in [3.8, 4) is 5.75 Å². The van der Waals surface area contributed by atoms with Gasteiger partial charge < -0.3 is 15.8 Å². The van der Waals surface area contributed by atoms with E-state index in [1.165, 1.54) is 0 Å². The highest BCUT2D eigenvalue weighted by Crippen LogP contribution is 2.19. The number of hydrogen-bond acceptors (Lipinski definition) is 3. The molecule has 0 atom stereocenters. The maximum atomic E-state index is 11.1. The van der Waals surface area contributed by atoms with Gasteiger partial charge in [0.05, 0.1) is 12.2 Å². The first kappa shape index (κ1) is 12.4. The van der Waals surface area contributed by atoms with Gasteiger partial charge in [-0.15, -0.1) is 0 Å². The minimum atomic E-state index is 0.0622. The van der Waals surface area contributed by atoms with E-state index in [4.69, 9.17) is 10.5 Å². The normalized spacial score (nSPS) is 9.81. The van der Waals surface area contributed by atoms with E-state index >= 15 is 0 Å². The third-order valence-corrected chi connectivity index (χ3v) is 2.08. The van der Waals surface area contributed by atoms with Crippen molar-refractivity contribution < 1.29 is 9.53 Å². The van der Waals surface area contributed by atoms with Crippen molar-refractivity contribution >= 4 is 11.6 Å². The molecule has 1 aromatic rings. The largest absolute Gasteiger partial charge is 0.490 e. The summed E-state index contributed by atoms with van der Waals surface area (Å²) in [6.07, 6.45) is 1.42. The highest BCUT2D eigenvalue weighted by atomic mass is 16.5. The first-order valence-corrected chi connectivity index (χ1v) is 5.48. The summed E-state index contributed by atoms with van der Waals surface area (Å²) in [5.74, 6) is 0.722. The summed E-state index contributed by atoms with van der Waals surface area (Å²) in [6.45, 7) is 2.91. The van der Waals surface area contributed by atoms with E-state index in [0.717, 1.165) is 6.42 Å². The average Bonchev–Trinajstić information content (AvgIpc) is 2.27. The van der Waals surface area contributed by atoms with E-state index in [-0.39, 0.29) is 5.91 Å². The van der Waals surface area contributed by atoms with Crippen molar-refractivity contribution in [1.82, 2.24) is 5.32 Å². The number of carbonyl (C=O) groups is 1. The SMILES string of the molecule is CCCC(=O)NCCOc1ccccc1N. The van der Waals surface area contributed by atoms with E-state index < -0.39 is 0 Å². The zero-order valence-corrected chi connectivity index (χ0v) is 9.53. The predicted molar refractivity (Wildman–Crippen MR) is 64.3 cm³/mol. The minimum Gasteiger partial charge on any atom is -0.490 e. The molecule has 1 amide bonds. The number of anilines is 1. The zero-order valence-electron chi connectivity index (χ0n) is 9.53. The molecule has 0 bridgehead atoms. The van der Waals surface area contributed by atoms with E-state index in [2.05, 4.69) is 5.32 Å². The Balaban J connectivity index is 2.21. The second kappa shape index (κ2) is 6.71. The number of nitrogens with one attached hydrogen (secondary N) is 1. The Morgan fingerprint density at radius 2 is 2.19 bits per heavy atom. The fraction of sp³-hybridized carbons (Fsp3) is 0.417. The number of hydrogen-bond donors (Lipinski definition) is 2. The van der Waals surface area contributed by atoms with Gasteiger partial charge in [0.15, 0.2) is 0 Å². The smallest absolute Gasteiger partial charge is 0.220 e. The second-order valence-electron chi connectivity index (χ2n) is 3.49. The van der Waals surface area contributed by atoms with E-state index in [1.54, 1.807) is 6.07 Å². The molecule has 88 valence electrons. The van der Waals surface area contributed by atoms with Crippen molar-refractivity contribution in [2.45, 2.75) is 19.8 Å². The summed E-state index contributed by atoms with van der Waals surface area (Å²) in [4.78, 5) is 11.1. The van der Waals surface area contributed by atoms with Crippen LogP contribution >= 0.6 is 0 Å². The summed E-state index contributed by atoms with van der Waals surface area (Å²) in [5, 5.41) is 2.77. The number of ether oxygens (including phenoxy) is 1. The molecule has 0 heterocycles. The Hall–Kier alpha value is -1.71. The summed E-state index contributed by atoms with van der Waals surface area (Å²) in [5.41, 5.74) is 6.31. The van der Waals surface area contributed by atoms with Crippen LogP contribution in [0.2, 0.25) is 0 Å². The molecule has 16 heavy (non-hydrogen) atoms. The molecule has 1 rings (SSSR count). The molecule has 0 aliphatic heterocycles. The van der Waals surface area contributed by atoms with Crippen molar-refractivity contribution in [3.05, 3.63) is 24.3 Å². The Morgan fingerprint density at radius 3 is 2.88 bits per heavy atom. The van der Waals surface area contributed by atoms with Gasteiger partial charge in [-0.05, 0) is 18.6 Å². The van der Waals surface area contributed by atoms with Crippen molar-refractivity contribution in [2.24, 2.45) is 0 Å². The van der Waals surface area contributed by atoms with Crippen molar-refractivity contribution in [3.63, 3.8) is 0 Å². The monoisotopic (exact) mass is 222 g/mol. The van der Waals surface area contributed by atoms with Gasteiger partial charge in [0.2, 0.25) is 5.91 Å². The van der Waals surface area contributed by atoms with Crippen LogP contribution in [0.15, 0.2) is 24.3 Å². The zero-order chi connectivity index (χ0) is 11.8. The highest BCUT2D eigenvalue weighted by Gasteiger charge is 2.00. The lowest BCUT2D eigenvalue weighted by Gasteiger charge is -2.09. The van der Waals surface area contributed by atoms with Gasteiger partial charge in [0.1, 0.15) is 12.4 Å². The Labute approximate surface area is 95.8 Å². The van der Waals surface area contributed by atoms with Crippen LogP contribution in [0, 0.1) is 0 Å². The molecule has 0 unspecified atom stereocenters. The van der Waals surface area contributed by atoms with Gasteiger partial charge >= 0.3 is 0 Å². The minimum absolute atomic E-state index is 0.0622. The van der Waals surface area contributed by atoms with E-state index in [9.17, 15) is 4.79 Å². The van der Waals surface area contributed by atoms with Gasteiger partial charge in [-0.2, -0.15) is 0 Å². The number of para-hydroxylation sites is 2. The summed E-state index contributed by atoms with van der Waals surface area (Å²) >= 11 is 0. The second-order valence-corrected chi connectivity index (χ2v) is 3.49. The van der Waals surface area contributed by atoms with Gasteiger partial charge in [-0.1, -0.05) is 19.1 Å². The van der Waals surface area contributed by atoms with E-state index in [1.807, 2.05) is 25.1 Å². The van der Waals surface area contributed by atoms with Crippen LogP contribution in [0.1, 0.15) is 19.8 Å². The lowest BCUT2D eigenvalue weighted by molar-refractivity contribution is -0.121. The summed E-state index contributed by atoms with van der Waals surface area (Å²) in [6, 6.07) is 7.31. The van der Waals surface area contributed by atoms with Crippen LogP contribution in [0.25, 0.3) is 0 Å². The summed E-state index contributed by atoms with van der Waals surface area (Å²) in [7, 11) is 0. The fourth-order valence-corrected chi connectivity index (χ4v) is 1.28. The Bertz CT molecular complexity index is 340. The third kappa shape index (κ3) is 4.21. The van der Waals surface area contributed by atoms with E-state index in [0.29, 0.717) is 31.0 Å². The third-order valence-electron chi connectivity index (χ3n) is 2.08. The topological polar surface area (TPSA) is 64.3 Å². The predicted octanol–water partition coefficient (Wildman–Crippen LogP) is 1.56. The average molecular weight is 222 g/mol. The first-order chi connectivity index (χ1) is 7.74. The fourth-order valence-electron chi connectivity index (χ4n) is 1.28. The molecule has 0 aromatic heterocycles. The maximum absolute atomic E-state index is 11.1. The molecule has 0 spiro atoms. The van der Waals surface area contributed by atoms with Crippen LogP contribution in [0.5, 0.6) is 5.75 Å². The molecule has 0 fully saturated rings. The quantitative estimate of drug-likeness (QED) is 0.567. The standard InChI is InChI=1S/C12H18N2O2/c1-2-5-12(15)14-8-9-16-11-7-4-3-6-10(11)13/h3-4,6-7H,2,5,8-9,13H2,1H3,(H,14,15). The number of nitrogen functional groups attached to an aromatic ring is 1. The molecule has 0 radical (unpaired) electrons. The molecular weight excluding hydrogens is 204 g/mol. The van der Waals surface area contributed by atoms with Gasteiger partial charge in [0, 0.05) is 6.42 Å². The van der Waals surface area contributed by atoms with Crippen LogP contribution in [0.4, 0.5) is 5.69 Å². The first-order valence-electron chi connectivity index (χ1n) is 5.48. The molecule has 0 aliphatic rings. The van der Waals surface area contributed by atoms with Crippen LogP contribution < -0.4 is 15.8 Å². The van der Waals surface area contributed by atoms with Crippen LogP contribution in [0.3, 0.4) is 0 Å². The molecular formula is C12H18N2O2. The van der Waals surface area contributed by atoms with Crippen LogP contribution in [-0.4, -0.2) is 19.1 Å². The Kier molecular flexibility index (Phi) is 5.19. The van der Waals surface area contributed by atoms with Crippen molar-refractivity contribution in [2.75, 3.05) is 18.9 Å². The van der Waals surface area contributed by atoms with Crippen LogP contribution in [-0.2, 0) is 4.79 Å².